The van der Waals surface area contributed by atoms with E-state index in [1.165, 1.54) is 0 Å². The van der Waals surface area contributed by atoms with Crippen LogP contribution >= 0.6 is 0 Å². The second-order valence-electron chi connectivity index (χ2n) is 11.2. The molecule has 1 amide bonds. The zero-order valence-electron chi connectivity index (χ0n) is 26.5. The van der Waals surface area contributed by atoms with Gasteiger partial charge < -0.3 is 24.5 Å². The third kappa shape index (κ3) is 8.82. The van der Waals surface area contributed by atoms with E-state index in [4.69, 9.17) is 13.9 Å². The fourth-order valence-corrected chi connectivity index (χ4v) is 5.51. The number of hydrogen-bond acceptors (Lipinski definition) is 9. The van der Waals surface area contributed by atoms with E-state index in [2.05, 4.69) is 20.6 Å². The van der Waals surface area contributed by atoms with Crippen LogP contribution in [0, 0.1) is 0 Å². The number of benzene rings is 1. The Morgan fingerprint density at radius 3 is 1.85 bits per heavy atom. The summed E-state index contributed by atoms with van der Waals surface area (Å²) in [6.45, 7) is 4.22. The van der Waals surface area contributed by atoms with Crippen LogP contribution in [0.1, 0.15) is 65.4 Å². The molecule has 1 aromatic carbocycles. The van der Waals surface area contributed by atoms with Gasteiger partial charge in [0.05, 0.1) is 43.1 Å². The number of esters is 2. The summed E-state index contributed by atoms with van der Waals surface area (Å²) in [6.07, 6.45) is 11.2. The molecule has 0 saturated heterocycles. The molecule has 5 rings (SSSR count). The van der Waals surface area contributed by atoms with Gasteiger partial charge in [-0.15, -0.1) is 0 Å². The molecule has 47 heavy (non-hydrogen) atoms. The number of amides is 1. The zero-order valence-corrected chi connectivity index (χ0v) is 26.5. The van der Waals surface area contributed by atoms with Gasteiger partial charge in [0.15, 0.2) is 0 Å². The first kappa shape index (κ1) is 32.9. The molecule has 0 spiro atoms. The van der Waals surface area contributed by atoms with Crippen molar-refractivity contribution in [3.8, 4) is 0 Å². The van der Waals surface area contributed by atoms with Crippen LogP contribution in [-0.2, 0) is 38.4 Å². The monoisotopic (exact) mass is 634 g/mol. The van der Waals surface area contributed by atoms with Gasteiger partial charge in [0.25, 0.3) is 5.91 Å². The van der Waals surface area contributed by atoms with Crippen molar-refractivity contribution in [2.75, 3.05) is 13.2 Å². The summed E-state index contributed by atoms with van der Waals surface area (Å²) in [6, 6.07) is 18.1. The lowest BCUT2D eigenvalue weighted by atomic mass is 9.80. The largest absolute Gasteiger partial charge is 0.467 e. The van der Waals surface area contributed by atoms with Crippen molar-refractivity contribution in [3.05, 3.63) is 142 Å². The molecule has 0 aliphatic carbocycles. The van der Waals surface area contributed by atoms with Crippen LogP contribution in [0.5, 0.6) is 0 Å². The summed E-state index contributed by atoms with van der Waals surface area (Å²) in [5.74, 6) is -1.47. The number of aryl methyl sites for hydroxylation is 2. The Bertz CT molecular complexity index is 1630. The number of rotatable bonds is 14. The molecule has 0 bridgehead atoms. The van der Waals surface area contributed by atoms with Crippen molar-refractivity contribution < 1.29 is 28.3 Å². The van der Waals surface area contributed by atoms with E-state index in [-0.39, 0.29) is 25.7 Å². The Balaban J connectivity index is 1.33. The molecule has 0 saturated carbocycles. The average Bonchev–Trinajstić information content (AvgIpc) is 3.62. The fourth-order valence-electron chi connectivity index (χ4n) is 5.51. The Labute approximate surface area is 273 Å². The van der Waals surface area contributed by atoms with Crippen molar-refractivity contribution in [1.29, 1.82) is 0 Å². The predicted molar refractivity (Wildman–Crippen MR) is 175 cm³/mol. The first-order valence-corrected chi connectivity index (χ1v) is 15.6. The Morgan fingerprint density at radius 1 is 0.787 bits per heavy atom. The number of nitrogens with zero attached hydrogens (tertiary/aromatic N) is 2. The highest BCUT2D eigenvalue weighted by Crippen LogP contribution is 2.39. The summed E-state index contributed by atoms with van der Waals surface area (Å²) in [5, 5.41) is 6.03. The van der Waals surface area contributed by atoms with E-state index < -0.39 is 17.9 Å². The summed E-state index contributed by atoms with van der Waals surface area (Å²) >= 11 is 0. The minimum atomic E-state index is -0.770. The summed E-state index contributed by atoms with van der Waals surface area (Å²) in [4.78, 5) is 48.5. The minimum absolute atomic E-state index is 0.197. The van der Waals surface area contributed by atoms with Crippen LogP contribution in [0.25, 0.3) is 0 Å². The molecule has 3 aromatic heterocycles. The number of furan rings is 1. The Morgan fingerprint density at radius 2 is 1.36 bits per heavy atom. The molecule has 10 nitrogen and oxygen atoms in total. The number of nitrogens with one attached hydrogen (secondary N) is 2. The van der Waals surface area contributed by atoms with Gasteiger partial charge in [-0.1, -0.05) is 24.3 Å². The molecule has 242 valence electrons. The van der Waals surface area contributed by atoms with Gasteiger partial charge in [-0.05, 0) is 92.6 Å². The van der Waals surface area contributed by atoms with Gasteiger partial charge in [-0.25, -0.2) is 9.59 Å². The maximum Gasteiger partial charge on any atom is 0.336 e. The van der Waals surface area contributed by atoms with Crippen molar-refractivity contribution in [2.45, 2.75) is 52.0 Å². The molecule has 0 atom stereocenters. The Kier molecular flexibility index (Phi) is 11.3. The second-order valence-corrected chi connectivity index (χ2v) is 11.2. The smallest absolute Gasteiger partial charge is 0.336 e. The van der Waals surface area contributed by atoms with Crippen LogP contribution in [0.3, 0.4) is 0 Å². The number of hydrogen-bond donors (Lipinski definition) is 2. The maximum atomic E-state index is 13.7. The second kappa shape index (κ2) is 16.2. The van der Waals surface area contributed by atoms with Crippen molar-refractivity contribution in [2.24, 2.45) is 0 Å². The molecule has 0 unspecified atom stereocenters. The van der Waals surface area contributed by atoms with Gasteiger partial charge >= 0.3 is 11.9 Å². The molecule has 1 aliphatic heterocycles. The summed E-state index contributed by atoms with van der Waals surface area (Å²) in [5.41, 5.74) is 4.97. The van der Waals surface area contributed by atoms with E-state index in [9.17, 15) is 14.4 Å². The first-order chi connectivity index (χ1) is 22.9. The van der Waals surface area contributed by atoms with Crippen molar-refractivity contribution >= 4 is 17.8 Å². The Hall–Kier alpha value is -5.51. The highest BCUT2D eigenvalue weighted by molar-refractivity contribution is 6.00. The molecular weight excluding hydrogens is 596 g/mol. The van der Waals surface area contributed by atoms with E-state index in [1.54, 1.807) is 81.3 Å². The SMILES string of the molecule is CC1=C(C(=O)OCCCc2cccnc2)C(c2ccc(C(=O)NCc3ccco3)cc2)C(C(=O)OCCCc2cccnc2)=C(C)N1. The lowest BCUT2D eigenvalue weighted by Crippen LogP contribution is -2.33. The number of pyridine rings is 2. The van der Waals surface area contributed by atoms with Crippen LogP contribution in [0.2, 0.25) is 0 Å². The molecule has 4 aromatic rings. The van der Waals surface area contributed by atoms with E-state index in [1.807, 2.05) is 24.3 Å². The molecule has 1 aliphatic rings. The van der Waals surface area contributed by atoms with Crippen molar-refractivity contribution in [1.82, 2.24) is 20.6 Å². The average molecular weight is 635 g/mol. The van der Waals surface area contributed by atoms with Gasteiger partial charge in [0, 0.05) is 41.7 Å². The highest BCUT2D eigenvalue weighted by Gasteiger charge is 2.38. The number of aromatic nitrogens is 2. The number of carbonyl (C=O) groups is 3. The van der Waals surface area contributed by atoms with E-state index in [0.29, 0.717) is 65.1 Å². The lowest BCUT2D eigenvalue weighted by Gasteiger charge is -2.30. The van der Waals surface area contributed by atoms with Crippen LogP contribution in [0.15, 0.2) is 119 Å². The van der Waals surface area contributed by atoms with Gasteiger partial charge in [0.1, 0.15) is 5.76 Å². The quantitative estimate of drug-likeness (QED) is 0.135. The summed E-state index contributed by atoms with van der Waals surface area (Å²) < 4.78 is 16.8. The molecule has 0 radical (unpaired) electrons. The van der Waals surface area contributed by atoms with Crippen LogP contribution in [-0.4, -0.2) is 41.0 Å². The van der Waals surface area contributed by atoms with Gasteiger partial charge in [-0.3, -0.25) is 14.8 Å². The number of carbonyl (C=O) groups excluding carboxylic acids is 3. The number of ether oxygens (including phenoxy) is 2. The van der Waals surface area contributed by atoms with Crippen molar-refractivity contribution in [3.63, 3.8) is 0 Å². The lowest BCUT2D eigenvalue weighted by molar-refractivity contribution is -0.140. The fraction of sp³-hybridized carbons (Fsp3) is 0.270. The van der Waals surface area contributed by atoms with E-state index in [0.717, 1.165) is 11.1 Å². The first-order valence-electron chi connectivity index (χ1n) is 15.6. The molecule has 4 heterocycles. The normalized spacial score (nSPS) is 13.2. The number of allylic oxidation sites excluding steroid dienone is 2. The molecule has 0 fully saturated rings. The third-order valence-electron chi connectivity index (χ3n) is 7.84. The number of dihydropyridines is 1. The third-order valence-corrected chi connectivity index (χ3v) is 7.84. The molecule has 10 heteroatoms. The highest BCUT2D eigenvalue weighted by atomic mass is 16.5. The maximum absolute atomic E-state index is 13.7. The predicted octanol–water partition coefficient (Wildman–Crippen LogP) is 5.59. The minimum Gasteiger partial charge on any atom is -0.467 e. The van der Waals surface area contributed by atoms with Gasteiger partial charge in [0.2, 0.25) is 0 Å². The molecule has 2 N–H and O–H groups in total. The zero-order chi connectivity index (χ0) is 33.0. The van der Waals surface area contributed by atoms with Crippen LogP contribution in [0.4, 0.5) is 0 Å². The standard InChI is InChI=1S/C37H38N4O6/c1-25-32(36(43)46-20-5-10-27-8-3-17-38-22-27)34(29-13-15-30(16-14-29)35(42)40-24-31-12-7-19-45-31)33(26(2)41-25)37(44)47-21-6-11-28-9-4-18-39-23-28/h3-4,7-9,12-19,22-23,34,41H,5-6,10-11,20-21,24H2,1-2H3,(H,40,42). The van der Waals surface area contributed by atoms with E-state index >= 15 is 0 Å². The summed E-state index contributed by atoms with van der Waals surface area (Å²) in [7, 11) is 0. The van der Waals surface area contributed by atoms with Gasteiger partial charge in [-0.2, -0.15) is 0 Å². The topological polar surface area (TPSA) is 133 Å². The molecular formula is C37H38N4O6. The van der Waals surface area contributed by atoms with Crippen LogP contribution < -0.4 is 10.6 Å².